The molecule has 0 saturated carbocycles. The smallest absolute Gasteiger partial charge is 0.282 e. The number of nitrogens with zero attached hydrogens (tertiary/aromatic N) is 4. The van der Waals surface area contributed by atoms with Gasteiger partial charge in [-0.15, -0.1) is 0 Å². The Bertz CT molecular complexity index is 2220. The van der Waals surface area contributed by atoms with Gasteiger partial charge in [-0.3, -0.25) is 28.9 Å². The number of rotatable bonds is 7. The summed E-state index contributed by atoms with van der Waals surface area (Å²) in [5.41, 5.74) is 3.08. The van der Waals surface area contributed by atoms with Gasteiger partial charge >= 0.3 is 0 Å². The summed E-state index contributed by atoms with van der Waals surface area (Å²) < 4.78 is 63.4. The van der Waals surface area contributed by atoms with Crippen LogP contribution >= 0.6 is 0 Å². The zero-order valence-corrected chi connectivity index (χ0v) is 25.5. The van der Waals surface area contributed by atoms with Crippen LogP contribution in [0.5, 0.6) is 11.5 Å². The first kappa shape index (κ1) is 31.9. The van der Waals surface area contributed by atoms with Gasteiger partial charge < -0.3 is 4.74 Å². The van der Waals surface area contributed by atoms with Crippen LogP contribution in [0.25, 0.3) is 27.7 Å². The molecule has 6 rings (SSSR count). The van der Waals surface area contributed by atoms with Crippen LogP contribution in [0, 0.1) is 18.6 Å². The van der Waals surface area contributed by atoms with Gasteiger partial charge in [-0.25, -0.2) is 13.5 Å². The highest BCUT2D eigenvalue weighted by Gasteiger charge is 2.23. The number of carbonyl (C=O) groups is 1. The molecule has 0 amide bonds. The minimum absolute atomic E-state index is 0.00651. The van der Waals surface area contributed by atoms with E-state index in [1.165, 1.54) is 45.8 Å². The highest BCUT2D eigenvalue weighted by Crippen LogP contribution is 2.37. The molecule has 0 aliphatic heterocycles. The molecule has 0 atom stereocenters. The highest BCUT2D eigenvalue weighted by atomic mass is 32.2. The number of hydrogen-bond donors (Lipinski definition) is 2. The van der Waals surface area contributed by atoms with E-state index < -0.39 is 33.1 Å². The maximum atomic E-state index is 15.3. The van der Waals surface area contributed by atoms with Crippen LogP contribution in [0.15, 0.2) is 90.1 Å². The molecule has 0 radical (unpaired) electrons. The Morgan fingerprint density at radius 1 is 1.00 bits per heavy atom. The van der Waals surface area contributed by atoms with E-state index >= 15 is 4.39 Å². The lowest BCUT2D eigenvalue weighted by atomic mass is 10.0. The Labute approximate surface area is 261 Å². The van der Waals surface area contributed by atoms with Crippen LogP contribution in [0.4, 0.5) is 8.78 Å². The number of nitrogens with one attached hydrogen (secondary N) is 1. The minimum Gasteiger partial charge on any atom is -0.454 e. The number of fused-ring (bicyclic) bond motifs is 1. The summed E-state index contributed by atoms with van der Waals surface area (Å²) in [5.74, 6) is -1.14. The number of ether oxygens (including phenoxy) is 1. The molecular weight excluding hydrogens is 620 g/mol. The van der Waals surface area contributed by atoms with Gasteiger partial charge in [-0.05, 0) is 78.7 Å². The summed E-state index contributed by atoms with van der Waals surface area (Å²) in [6.45, 7) is 1.66. The van der Waals surface area contributed by atoms with Crippen molar-refractivity contribution in [3.63, 3.8) is 0 Å². The topological polar surface area (TPSA) is 149 Å². The molecule has 11 nitrogen and oxygen atoms in total. The quantitative estimate of drug-likeness (QED) is 0.172. The second-order valence-electron chi connectivity index (χ2n) is 10.3. The Balaban J connectivity index is 0.000000775. The minimum atomic E-state index is -3.67. The summed E-state index contributed by atoms with van der Waals surface area (Å²) in [7, 11) is -2.02. The lowest BCUT2D eigenvalue weighted by Crippen LogP contribution is -2.23. The normalized spacial score (nSPS) is 11.3. The molecule has 236 valence electrons. The maximum absolute atomic E-state index is 15.3. The number of benzene rings is 3. The van der Waals surface area contributed by atoms with Gasteiger partial charge in [0.05, 0.1) is 23.7 Å². The molecule has 0 spiro atoms. The van der Waals surface area contributed by atoms with E-state index in [0.717, 1.165) is 22.0 Å². The molecule has 6 aromatic rings. The first-order valence-corrected chi connectivity index (χ1v) is 15.5. The Morgan fingerprint density at radius 3 is 2.33 bits per heavy atom. The lowest BCUT2D eigenvalue weighted by Gasteiger charge is -2.13. The zero-order chi connectivity index (χ0) is 33.2. The summed E-state index contributed by atoms with van der Waals surface area (Å²) >= 11 is 0. The summed E-state index contributed by atoms with van der Waals surface area (Å²) in [6, 6.07) is 17.0. The van der Waals surface area contributed by atoms with Crippen molar-refractivity contribution in [2.75, 3.05) is 6.26 Å². The number of Topliss-reactive ketones (excluding diaryl/α,β-unsaturated/α-hetero) is 1. The van der Waals surface area contributed by atoms with Crippen molar-refractivity contribution in [3.8, 4) is 28.3 Å². The average molecular weight is 648 g/mol. The fourth-order valence-electron chi connectivity index (χ4n) is 4.84. The first-order chi connectivity index (χ1) is 21.8. The van der Waals surface area contributed by atoms with Crippen molar-refractivity contribution in [2.24, 2.45) is 7.05 Å². The zero-order valence-electron chi connectivity index (χ0n) is 24.7. The third-order valence-electron chi connectivity index (χ3n) is 7.02. The number of carbonyl (C=O) groups excluding carboxylic acids is 1. The van der Waals surface area contributed by atoms with Crippen LogP contribution < -0.4 is 10.3 Å². The molecule has 0 aliphatic rings. The number of aromatic nitrogens is 5. The molecule has 0 bridgehead atoms. The number of pyridine rings is 1. The van der Waals surface area contributed by atoms with E-state index in [0.29, 0.717) is 29.0 Å². The molecule has 0 aliphatic carbocycles. The maximum Gasteiger partial charge on any atom is 0.282 e. The fourth-order valence-corrected chi connectivity index (χ4v) is 4.84. The van der Waals surface area contributed by atoms with Gasteiger partial charge in [-0.1, -0.05) is 6.07 Å². The molecule has 3 aromatic heterocycles. The van der Waals surface area contributed by atoms with Gasteiger partial charge in [-0.2, -0.15) is 13.5 Å². The molecule has 3 aromatic carbocycles. The Hall–Kier alpha value is -5.47. The fraction of sp³-hybridized carbons (Fsp3) is 0.125. The van der Waals surface area contributed by atoms with E-state index in [2.05, 4.69) is 15.2 Å². The van der Waals surface area contributed by atoms with Crippen molar-refractivity contribution < 1.29 is 31.3 Å². The highest BCUT2D eigenvalue weighted by molar-refractivity contribution is 7.85. The van der Waals surface area contributed by atoms with Gasteiger partial charge in [0, 0.05) is 42.5 Å². The Kier molecular flexibility index (Phi) is 8.94. The molecule has 46 heavy (non-hydrogen) atoms. The standard InChI is InChI=1S/C31H23F2N5O3.CH4O3S/c1-18-30(31(40)38(37(18)2)23-6-4-22(32)5-7-23)27(39)14-19-3-8-28(25(33)13-19)41-29-15-21-17-35-36-26(21)16-24(29)20-9-11-34-12-10-20;1-5(2,3)4/h3-13,15-17H,14H2,1-2H3,(H,35,36);1H3,(H,2,3,4). The largest absolute Gasteiger partial charge is 0.454 e. The van der Waals surface area contributed by atoms with Gasteiger partial charge in [0.1, 0.15) is 17.1 Å². The molecule has 0 unspecified atom stereocenters. The van der Waals surface area contributed by atoms with E-state index in [-0.39, 0.29) is 17.7 Å². The van der Waals surface area contributed by atoms with Crippen LogP contribution in [0.1, 0.15) is 21.6 Å². The molecule has 14 heteroatoms. The summed E-state index contributed by atoms with van der Waals surface area (Å²) in [6.07, 6.45) is 5.49. The number of aromatic amines is 1. The van der Waals surface area contributed by atoms with Crippen molar-refractivity contribution in [2.45, 2.75) is 13.3 Å². The van der Waals surface area contributed by atoms with Crippen LogP contribution in [0.2, 0.25) is 0 Å². The third-order valence-corrected chi connectivity index (χ3v) is 7.02. The third kappa shape index (κ3) is 7.08. The van der Waals surface area contributed by atoms with Crippen molar-refractivity contribution in [3.05, 3.63) is 124 Å². The van der Waals surface area contributed by atoms with E-state index in [4.69, 9.17) is 9.29 Å². The van der Waals surface area contributed by atoms with E-state index in [1.807, 2.05) is 18.2 Å². The molecule has 3 heterocycles. The second kappa shape index (κ2) is 12.9. The van der Waals surface area contributed by atoms with Crippen molar-refractivity contribution in [1.82, 2.24) is 24.5 Å². The van der Waals surface area contributed by atoms with E-state index in [9.17, 15) is 22.4 Å². The Morgan fingerprint density at radius 2 is 1.67 bits per heavy atom. The van der Waals surface area contributed by atoms with Crippen LogP contribution in [-0.2, 0) is 23.6 Å². The van der Waals surface area contributed by atoms with Gasteiger partial charge in [0.2, 0.25) is 0 Å². The summed E-state index contributed by atoms with van der Waals surface area (Å²) in [4.78, 5) is 30.5. The van der Waals surface area contributed by atoms with Crippen molar-refractivity contribution >= 4 is 26.8 Å². The number of ketones is 1. The molecule has 0 saturated heterocycles. The number of H-pyrrole nitrogens is 1. The second-order valence-corrected chi connectivity index (χ2v) is 11.8. The number of halogens is 2. The van der Waals surface area contributed by atoms with Crippen LogP contribution in [-0.4, -0.2) is 49.6 Å². The monoisotopic (exact) mass is 647 g/mol. The lowest BCUT2D eigenvalue weighted by molar-refractivity contribution is 0.0991. The first-order valence-electron chi connectivity index (χ1n) is 13.6. The van der Waals surface area contributed by atoms with Crippen LogP contribution in [0.3, 0.4) is 0 Å². The van der Waals surface area contributed by atoms with Gasteiger partial charge in [0.25, 0.3) is 15.7 Å². The van der Waals surface area contributed by atoms with Crippen molar-refractivity contribution in [1.29, 1.82) is 0 Å². The summed E-state index contributed by atoms with van der Waals surface area (Å²) in [5, 5.41) is 7.79. The van der Waals surface area contributed by atoms with Gasteiger partial charge in [0.15, 0.2) is 17.3 Å². The SMILES string of the molecule is CS(=O)(=O)O.Cc1c(C(=O)Cc2ccc(Oc3cc4cn[nH]c4cc3-c3ccncc3)c(F)c2)c(=O)n(-c2ccc(F)cc2)n1C. The molecular formula is C32H27F2N5O6S. The van der Waals surface area contributed by atoms with E-state index in [1.54, 1.807) is 44.7 Å². The number of hydrogen-bond acceptors (Lipinski definition) is 7. The predicted molar refractivity (Wildman–Crippen MR) is 167 cm³/mol. The predicted octanol–water partition coefficient (Wildman–Crippen LogP) is 5.42. The average Bonchev–Trinajstić information content (AvgIpc) is 3.54. The molecule has 0 fully saturated rings. The molecule has 2 N–H and O–H groups in total.